The van der Waals surface area contributed by atoms with Crippen LogP contribution in [0.4, 0.5) is 4.39 Å². The first-order valence-electron chi connectivity index (χ1n) is 10.2. The molecule has 31 heavy (non-hydrogen) atoms. The van der Waals surface area contributed by atoms with Gasteiger partial charge >= 0.3 is 0 Å². The monoisotopic (exact) mass is 437 g/mol. The predicted octanol–water partition coefficient (Wildman–Crippen LogP) is 3.62. The average Bonchev–Trinajstić information content (AvgIpc) is 3.28. The van der Waals surface area contributed by atoms with E-state index >= 15 is 0 Å². The molecule has 1 aliphatic heterocycles. The van der Waals surface area contributed by atoms with E-state index in [1.54, 1.807) is 15.1 Å². The van der Waals surface area contributed by atoms with Crippen molar-refractivity contribution in [1.29, 1.82) is 0 Å². The second-order valence-corrected chi connectivity index (χ2v) is 8.27. The van der Waals surface area contributed by atoms with Crippen LogP contribution in [-0.4, -0.2) is 30.6 Å². The molecular weight excluding hydrogens is 417 g/mol. The highest BCUT2D eigenvalue weighted by molar-refractivity contribution is 6.30. The van der Waals surface area contributed by atoms with E-state index in [-0.39, 0.29) is 5.56 Å². The maximum atomic E-state index is 13.5. The minimum Gasteiger partial charge on any atom is -0.294 e. The van der Waals surface area contributed by atoms with Crippen LogP contribution in [0, 0.1) is 0 Å². The zero-order valence-corrected chi connectivity index (χ0v) is 17.6. The van der Waals surface area contributed by atoms with E-state index < -0.39 is 6.67 Å². The summed E-state index contributed by atoms with van der Waals surface area (Å²) in [5, 5.41) is 5.04. The summed E-state index contributed by atoms with van der Waals surface area (Å²) in [6.07, 6.45) is 2.19. The van der Waals surface area contributed by atoms with Gasteiger partial charge in [0, 0.05) is 31.1 Å². The molecule has 0 bridgehead atoms. The first-order chi connectivity index (χ1) is 15.1. The molecule has 5 rings (SSSR count). The third-order valence-electron chi connectivity index (χ3n) is 5.73. The van der Waals surface area contributed by atoms with Gasteiger partial charge in [-0.15, -0.1) is 0 Å². The fourth-order valence-corrected chi connectivity index (χ4v) is 4.34. The summed E-state index contributed by atoms with van der Waals surface area (Å²) in [4.78, 5) is 20.0. The lowest BCUT2D eigenvalue weighted by Crippen LogP contribution is -2.39. The Morgan fingerprint density at radius 2 is 1.84 bits per heavy atom. The van der Waals surface area contributed by atoms with Gasteiger partial charge in [0.2, 0.25) is 5.78 Å². The molecule has 158 valence electrons. The Kier molecular flexibility index (Phi) is 5.29. The van der Waals surface area contributed by atoms with Crippen molar-refractivity contribution in [2.75, 3.05) is 6.54 Å². The molecule has 0 N–H and O–H groups in total. The lowest BCUT2D eigenvalue weighted by molar-refractivity contribution is 0.239. The maximum Gasteiger partial charge on any atom is 0.260 e. The number of benzene rings is 2. The third kappa shape index (κ3) is 3.86. The number of hydrogen-bond donors (Lipinski definition) is 0. The Morgan fingerprint density at radius 3 is 2.65 bits per heavy atom. The second kappa shape index (κ2) is 8.24. The molecule has 0 unspecified atom stereocenters. The summed E-state index contributed by atoms with van der Waals surface area (Å²) < 4.78 is 16.5. The van der Waals surface area contributed by atoms with Crippen molar-refractivity contribution in [2.45, 2.75) is 32.7 Å². The van der Waals surface area contributed by atoms with Gasteiger partial charge in [0.25, 0.3) is 5.56 Å². The molecule has 4 aromatic rings. The summed E-state index contributed by atoms with van der Waals surface area (Å²) in [6, 6.07) is 15.0. The highest BCUT2D eigenvalue weighted by Crippen LogP contribution is 2.20. The van der Waals surface area contributed by atoms with Crippen LogP contribution in [0.5, 0.6) is 0 Å². The summed E-state index contributed by atoms with van der Waals surface area (Å²) in [6.45, 7) is 1.90. The van der Waals surface area contributed by atoms with Crippen molar-refractivity contribution in [3.8, 4) is 0 Å². The van der Waals surface area contributed by atoms with Gasteiger partial charge in [0.15, 0.2) is 0 Å². The average molecular weight is 438 g/mol. The molecule has 1 aliphatic rings. The molecule has 6 nitrogen and oxygen atoms in total. The van der Waals surface area contributed by atoms with Crippen LogP contribution in [0.2, 0.25) is 5.02 Å². The molecule has 2 aromatic carbocycles. The van der Waals surface area contributed by atoms with Crippen molar-refractivity contribution in [1.82, 2.24) is 24.1 Å². The van der Waals surface area contributed by atoms with Crippen LogP contribution in [0.1, 0.15) is 27.9 Å². The van der Waals surface area contributed by atoms with E-state index in [2.05, 4.69) is 15.0 Å². The largest absolute Gasteiger partial charge is 0.294 e. The highest BCUT2D eigenvalue weighted by atomic mass is 35.5. The smallest absolute Gasteiger partial charge is 0.260 e. The number of aromatic nitrogens is 4. The second-order valence-electron chi connectivity index (χ2n) is 7.83. The quantitative estimate of drug-likeness (QED) is 0.478. The van der Waals surface area contributed by atoms with Gasteiger partial charge in [-0.2, -0.15) is 10.1 Å². The van der Waals surface area contributed by atoms with E-state index in [9.17, 15) is 9.18 Å². The summed E-state index contributed by atoms with van der Waals surface area (Å²) in [7, 11) is 0. The van der Waals surface area contributed by atoms with E-state index in [1.807, 2.05) is 42.5 Å². The topological polar surface area (TPSA) is 55.4 Å². The normalized spacial score (nSPS) is 14.1. The van der Waals surface area contributed by atoms with Gasteiger partial charge in [-0.3, -0.25) is 14.3 Å². The van der Waals surface area contributed by atoms with Crippen molar-refractivity contribution < 1.29 is 4.39 Å². The highest BCUT2D eigenvalue weighted by Gasteiger charge is 2.25. The van der Waals surface area contributed by atoms with Gasteiger partial charge in [0.1, 0.15) is 13.0 Å². The molecule has 0 saturated carbocycles. The minimum absolute atomic E-state index is 0.0485. The fraction of sp³-hybridized carbons (Fsp3) is 0.261. The summed E-state index contributed by atoms with van der Waals surface area (Å²) >= 11 is 6.00. The molecule has 0 amide bonds. The lowest BCUT2D eigenvalue weighted by Gasteiger charge is -2.29. The number of hydrogen-bond acceptors (Lipinski definition) is 4. The van der Waals surface area contributed by atoms with Gasteiger partial charge in [-0.25, -0.2) is 8.91 Å². The van der Waals surface area contributed by atoms with Crippen LogP contribution in [0.3, 0.4) is 0 Å². The predicted molar refractivity (Wildman–Crippen MR) is 117 cm³/mol. The lowest BCUT2D eigenvalue weighted by atomic mass is 10.0. The van der Waals surface area contributed by atoms with Crippen molar-refractivity contribution in [3.63, 3.8) is 0 Å². The van der Waals surface area contributed by atoms with Crippen LogP contribution in [0.25, 0.3) is 5.78 Å². The molecule has 3 heterocycles. The molecule has 0 radical (unpaired) electrons. The molecule has 2 aromatic heterocycles. The van der Waals surface area contributed by atoms with E-state index in [4.69, 9.17) is 11.6 Å². The van der Waals surface area contributed by atoms with Crippen molar-refractivity contribution in [2.24, 2.45) is 0 Å². The Bertz CT molecular complexity index is 1300. The number of rotatable bonds is 5. The van der Waals surface area contributed by atoms with E-state index in [0.29, 0.717) is 42.4 Å². The Morgan fingerprint density at radius 1 is 1.03 bits per heavy atom. The Balaban J connectivity index is 1.49. The number of fused-ring (bicyclic) bond motifs is 3. The number of alkyl halides is 1. The van der Waals surface area contributed by atoms with Gasteiger partial charge in [-0.1, -0.05) is 48.0 Å². The van der Waals surface area contributed by atoms with Gasteiger partial charge in [-0.05, 0) is 28.8 Å². The van der Waals surface area contributed by atoms with E-state index in [1.165, 1.54) is 6.33 Å². The molecule has 8 heteroatoms. The zero-order valence-electron chi connectivity index (χ0n) is 16.8. The first kappa shape index (κ1) is 19.9. The van der Waals surface area contributed by atoms with Crippen molar-refractivity contribution >= 4 is 17.4 Å². The zero-order chi connectivity index (χ0) is 21.4. The fourth-order valence-electron chi connectivity index (χ4n) is 4.22. The summed E-state index contributed by atoms with van der Waals surface area (Å²) in [5.41, 5.74) is 4.28. The van der Waals surface area contributed by atoms with Crippen LogP contribution in [0.15, 0.2) is 59.7 Å². The molecule has 0 atom stereocenters. The van der Waals surface area contributed by atoms with Crippen molar-refractivity contribution in [3.05, 3.63) is 98.2 Å². The molecule has 0 saturated heterocycles. The van der Waals surface area contributed by atoms with Crippen LogP contribution >= 0.6 is 11.6 Å². The Labute approximate surface area is 183 Å². The standard InChI is InChI=1S/C23H21ClFN5O/c24-19-6-4-16(5-7-19)13-29-22(31)20-14-28(12-18-3-1-2-17(10-18)11-25)9-8-21(20)30-23(29)26-15-27-30/h1-7,10,15H,8-9,11-14H2. The van der Waals surface area contributed by atoms with Crippen LogP contribution < -0.4 is 5.56 Å². The number of halogens is 2. The van der Waals surface area contributed by atoms with Gasteiger partial charge < -0.3 is 0 Å². The SMILES string of the molecule is O=c1c2c(n3ncnc3n1Cc1ccc(Cl)cc1)CCN(Cc1cccc(CF)c1)C2. The summed E-state index contributed by atoms with van der Waals surface area (Å²) in [5.74, 6) is 0.544. The number of nitrogens with zero attached hydrogens (tertiary/aromatic N) is 5. The minimum atomic E-state index is -0.476. The molecule has 0 aliphatic carbocycles. The first-order valence-corrected chi connectivity index (χ1v) is 10.5. The molecular formula is C23H21ClFN5O. The van der Waals surface area contributed by atoms with Crippen LogP contribution in [-0.2, 0) is 32.7 Å². The Hall–Kier alpha value is -3.03. The molecule has 0 fully saturated rings. The molecule has 0 spiro atoms. The third-order valence-corrected chi connectivity index (χ3v) is 5.98. The maximum absolute atomic E-state index is 13.5. The van der Waals surface area contributed by atoms with E-state index in [0.717, 1.165) is 28.9 Å². The van der Waals surface area contributed by atoms with Gasteiger partial charge in [0.05, 0.1) is 17.8 Å².